The van der Waals surface area contributed by atoms with Crippen LogP contribution in [-0.4, -0.2) is 61.6 Å². The van der Waals surface area contributed by atoms with Crippen LogP contribution in [0.4, 0.5) is 28.2 Å². The first kappa shape index (κ1) is 24.7. The number of urea groups is 1. The number of alkyl halides is 3. The number of carboxylic acids is 1. The molecule has 1 saturated heterocycles. The number of hydrogen-bond donors (Lipinski definition) is 2. The van der Waals surface area contributed by atoms with E-state index in [2.05, 4.69) is 4.98 Å². The molecule has 1 fully saturated rings. The summed E-state index contributed by atoms with van der Waals surface area (Å²) in [5.41, 5.74) is -3.24. The number of nitriles is 1. The molecule has 1 aliphatic heterocycles. The van der Waals surface area contributed by atoms with Gasteiger partial charge in [0.1, 0.15) is 17.7 Å². The summed E-state index contributed by atoms with van der Waals surface area (Å²) in [4.78, 5) is 29.0. The Hall–Kier alpha value is -3.93. The summed E-state index contributed by atoms with van der Waals surface area (Å²) < 4.78 is 79.3. The zero-order chi connectivity index (χ0) is 25.3. The molecule has 10 nitrogen and oxygen atoms in total. The zero-order valence-corrected chi connectivity index (χ0v) is 17.8. The van der Waals surface area contributed by atoms with E-state index in [1.807, 2.05) is 4.72 Å². The smallest absolute Gasteiger partial charge is 0.434 e. The molecule has 15 heteroatoms. The summed E-state index contributed by atoms with van der Waals surface area (Å²) in [7, 11) is -4.29. The number of nitrogens with one attached hydrogen (secondary N) is 1. The third-order valence-corrected chi connectivity index (χ3v) is 6.17. The maximum Gasteiger partial charge on any atom is 0.434 e. The number of sulfonamides is 1. The van der Waals surface area contributed by atoms with Crippen molar-refractivity contribution in [3.8, 4) is 6.07 Å². The molecule has 2 heterocycles. The van der Waals surface area contributed by atoms with Gasteiger partial charge in [-0.15, -0.1) is 0 Å². The van der Waals surface area contributed by atoms with Gasteiger partial charge < -0.3 is 14.9 Å². The van der Waals surface area contributed by atoms with E-state index < -0.39 is 56.7 Å². The van der Waals surface area contributed by atoms with Gasteiger partial charge in [-0.1, -0.05) is 0 Å². The van der Waals surface area contributed by atoms with Crippen LogP contribution < -0.4 is 9.62 Å². The number of halogens is 4. The van der Waals surface area contributed by atoms with Crippen molar-refractivity contribution in [2.75, 3.05) is 31.1 Å². The SMILES string of the molecule is N#Cc1cc(C(=O)O)c(C(F)(F)F)nc1N1CCN(C(=O)NS(=O)(=O)c2ccc(F)cc2)CC1. The first-order chi connectivity index (χ1) is 15.8. The molecule has 3 rings (SSSR count). The van der Waals surface area contributed by atoms with E-state index in [-0.39, 0.29) is 31.1 Å². The van der Waals surface area contributed by atoms with Crippen LogP contribution in [0.2, 0.25) is 0 Å². The molecule has 2 N–H and O–H groups in total. The van der Waals surface area contributed by atoms with Crippen LogP contribution in [0.25, 0.3) is 0 Å². The molecule has 0 unspecified atom stereocenters. The lowest BCUT2D eigenvalue weighted by Crippen LogP contribution is -2.53. The Morgan fingerprint density at radius 3 is 2.21 bits per heavy atom. The van der Waals surface area contributed by atoms with E-state index in [0.29, 0.717) is 6.07 Å². The molecule has 180 valence electrons. The topological polar surface area (TPSA) is 144 Å². The lowest BCUT2D eigenvalue weighted by atomic mass is 10.1. The molecule has 0 atom stereocenters. The highest BCUT2D eigenvalue weighted by atomic mass is 32.2. The fourth-order valence-electron chi connectivity index (χ4n) is 3.18. The molecule has 0 radical (unpaired) electrons. The molecule has 2 aromatic rings. The molecule has 0 spiro atoms. The number of amides is 2. The third-order valence-electron chi connectivity index (χ3n) is 4.83. The van der Waals surface area contributed by atoms with Crippen LogP contribution in [0.5, 0.6) is 0 Å². The van der Waals surface area contributed by atoms with Gasteiger partial charge in [0.15, 0.2) is 5.69 Å². The number of carbonyl (C=O) groups excluding carboxylic acids is 1. The van der Waals surface area contributed by atoms with Crippen LogP contribution in [0.15, 0.2) is 35.2 Å². The van der Waals surface area contributed by atoms with E-state index in [0.717, 1.165) is 29.2 Å². The van der Waals surface area contributed by atoms with E-state index in [1.54, 1.807) is 6.07 Å². The number of aromatic carboxylic acids is 1. The third kappa shape index (κ3) is 5.17. The van der Waals surface area contributed by atoms with Gasteiger partial charge in [0.25, 0.3) is 10.0 Å². The minimum atomic E-state index is -5.09. The van der Waals surface area contributed by atoms with Gasteiger partial charge in [-0.25, -0.2) is 32.1 Å². The maximum atomic E-state index is 13.3. The summed E-state index contributed by atoms with van der Waals surface area (Å²) in [6.45, 7) is -0.510. The Balaban J connectivity index is 1.77. The minimum Gasteiger partial charge on any atom is -0.478 e. The number of nitrogens with zero attached hydrogens (tertiary/aromatic N) is 4. The average molecular weight is 501 g/mol. The lowest BCUT2D eigenvalue weighted by Gasteiger charge is -2.35. The van der Waals surface area contributed by atoms with E-state index in [4.69, 9.17) is 5.11 Å². The van der Waals surface area contributed by atoms with E-state index >= 15 is 0 Å². The number of piperazine rings is 1. The molecule has 0 bridgehead atoms. The van der Waals surface area contributed by atoms with Crippen molar-refractivity contribution in [2.24, 2.45) is 0 Å². The molecule has 0 saturated carbocycles. The summed E-state index contributed by atoms with van der Waals surface area (Å²) in [5.74, 6) is -2.97. The Morgan fingerprint density at radius 1 is 1.12 bits per heavy atom. The highest BCUT2D eigenvalue weighted by molar-refractivity contribution is 7.90. The van der Waals surface area contributed by atoms with Crippen molar-refractivity contribution < 1.29 is 40.7 Å². The van der Waals surface area contributed by atoms with Crippen LogP contribution in [0, 0.1) is 17.1 Å². The summed E-state index contributed by atoms with van der Waals surface area (Å²) in [6.07, 6.45) is -5.09. The van der Waals surface area contributed by atoms with E-state index in [9.17, 15) is 40.8 Å². The van der Waals surface area contributed by atoms with Gasteiger partial charge in [0, 0.05) is 26.2 Å². The molecule has 1 aliphatic rings. The second-order valence-electron chi connectivity index (χ2n) is 7.01. The summed E-state index contributed by atoms with van der Waals surface area (Å²) in [6, 6.07) is 4.95. The van der Waals surface area contributed by atoms with Crippen molar-refractivity contribution in [3.63, 3.8) is 0 Å². The first-order valence-electron chi connectivity index (χ1n) is 9.41. The monoisotopic (exact) mass is 501 g/mol. The quantitative estimate of drug-likeness (QED) is 0.606. The van der Waals surface area contributed by atoms with Crippen molar-refractivity contribution in [3.05, 3.63) is 53.0 Å². The fourth-order valence-corrected chi connectivity index (χ4v) is 4.15. The fraction of sp³-hybridized carbons (Fsp3) is 0.263. The standard InChI is InChI=1S/C19H15F4N5O5S/c20-12-1-3-13(4-2-12)34(32,33)26-18(31)28-7-5-27(6-8-28)16-11(10-24)9-14(17(29)30)15(25-16)19(21,22)23/h1-4,9H,5-8H2,(H,26,31)(H,29,30). The second kappa shape index (κ2) is 9.14. The summed E-state index contributed by atoms with van der Waals surface area (Å²) >= 11 is 0. The van der Waals surface area contributed by atoms with Crippen molar-refractivity contribution in [2.45, 2.75) is 11.1 Å². The summed E-state index contributed by atoms with van der Waals surface area (Å²) in [5, 5.41) is 18.3. The number of carbonyl (C=O) groups is 2. The maximum absolute atomic E-state index is 13.3. The number of aromatic nitrogens is 1. The highest BCUT2D eigenvalue weighted by Crippen LogP contribution is 2.34. The van der Waals surface area contributed by atoms with Crippen LogP contribution in [-0.2, 0) is 16.2 Å². The number of carboxylic acid groups (broad SMARTS) is 1. The highest BCUT2D eigenvalue weighted by Gasteiger charge is 2.39. The molecular formula is C19H15F4N5O5S. The molecule has 34 heavy (non-hydrogen) atoms. The molecule has 1 aromatic carbocycles. The zero-order valence-electron chi connectivity index (χ0n) is 17.0. The molecule has 0 aliphatic carbocycles. The van der Waals surface area contributed by atoms with Crippen LogP contribution in [0.1, 0.15) is 21.6 Å². The van der Waals surface area contributed by atoms with Gasteiger partial charge >= 0.3 is 18.2 Å². The van der Waals surface area contributed by atoms with E-state index in [1.165, 1.54) is 4.90 Å². The largest absolute Gasteiger partial charge is 0.478 e. The lowest BCUT2D eigenvalue weighted by molar-refractivity contribution is -0.141. The number of hydrogen-bond acceptors (Lipinski definition) is 7. The first-order valence-corrected chi connectivity index (χ1v) is 10.9. The van der Waals surface area contributed by atoms with Crippen molar-refractivity contribution in [1.82, 2.24) is 14.6 Å². The van der Waals surface area contributed by atoms with Gasteiger partial charge in [0.05, 0.1) is 16.0 Å². The number of rotatable bonds is 4. The molecule has 1 aromatic heterocycles. The number of pyridine rings is 1. The van der Waals surface area contributed by atoms with Gasteiger partial charge in [-0.3, -0.25) is 0 Å². The Bertz CT molecular complexity index is 1270. The number of benzene rings is 1. The Labute approximate surface area is 190 Å². The Kier molecular flexibility index (Phi) is 6.64. The Morgan fingerprint density at radius 2 is 1.71 bits per heavy atom. The minimum absolute atomic E-state index is 0.116. The molecular weight excluding hydrogens is 486 g/mol. The van der Waals surface area contributed by atoms with Crippen LogP contribution >= 0.6 is 0 Å². The second-order valence-corrected chi connectivity index (χ2v) is 8.69. The predicted octanol–water partition coefficient (Wildman–Crippen LogP) is 2.03. The number of anilines is 1. The normalized spacial score (nSPS) is 14.4. The van der Waals surface area contributed by atoms with Crippen molar-refractivity contribution >= 4 is 27.8 Å². The average Bonchev–Trinajstić information content (AvgIpc) is 2.77. The molecule has 2 amide bonds. The predicted molar refractivity (Wildman–Crippen MR) is 107 cm³/mol. The van der Waals surface area contributed by atoms with Gasteiger partial charge in [-0.2, -0.15) is 18.4 Å². The van der Waals surface area contributed by atoms with Crippen LogP contribution in [0.3, 0.4) is 0 Å². The van der Waals surface area contributed by atoms with Gasteiger partial charge in [0.2, 0.25) is 0 Å². The van der Waals surface area contributed by atoms with Gasteiger partial charge in [-0.05, 0) is 30.3 Å². The van der Waals surface area contributed by atoms with Crippen molar-refractivity contribution in [1.29, 1.82) is 5.26 Å².